The molecule has 122 valence electrons. The van der Waals surface area contributed by atoms with Gasteiger partial charge in [-0.1, -0.05) is 6.07 Å². The van der Waals surface area contributed by atoms with Crippen molar-refractivity contribution in [3.05, 3.63) is 29.3 Å². The first-order valence-electron chi connectivity index (χ1n) is 9.08. The summed E-state index contributed by atoms with van der Waals surface area (Å²) < 4.78 is 0. The molecule has 4 heteroatoms. The van der Waals surface area contributed by atoms with E-state index in [2.05, 4.69) is 49.3 Å². The fourth-order valence-corrected chi connectivity index (χ4v) is 4.16. The average Bonchev–Trinajstić information content (AvgIpc) is 2.56. The van der Waals surface area contributed by atoms with E-state index >= 15 is 0 Å². The Bertz CT molecular complexity index is 490. The molecule has 4 N–H and O–H groups in total. The van der Waals surface area contributed by atoms with E-state index < -0.39 is 0 Å². The predicted molar refractivity (Wildman–Crippen MR) is 90.6 cm³/mol. The maximum Gasteiger partial charge on any atom is 0.163 e. The molecule has 0 amide bonds. The van der Waals surface area contributed by atoms with Crippen LogP contribution < -0.4 is 20.0 Å². The van der Waals surface area contributed by atoms with Gasteiger partial charge in [0.2, 0.25) is 0 Å². The van der Waals surface area contributed by atoms with Crippen LogP contribution in [0.15, 0.2) is 18.2 Å². The van der Waals surface area contributed by atoms with Crippen molar-refractivity contribution in [2.45, 2.75) is 26.4 Å². The van der Waals surface area contributed by atoms with Crippen LogP contribution in [0.2, 0.25) is 0 Å². The standard InChI is InChI=1S/C18H30N4/c1-4-21(5-2)16-6-7-17-15(12-16)13-19-14-18(17)22-10-8-20(3)9-11-22/h6-7,12,18-19H,4-5,8-11,13-14H2,1-3H3/p+3/t18-/m0/s1. The van der Waals surface area contributed by atoms with Gasteiger partial charge in [0.05, 0.1) is 7.05 Å². The van der Waals surface area contributed by atoms with Crippen molar-refractivity contribution in [3.63, 3.8) is 0 Å². The number of nitrogens with zero attached hydrogens (tertiary/aromatic N) is 1. The van der Waals surface area contributed by atoms with Crippen molar-refractivity contribution in [1.82, 2.24) is 0 Å². The van der Waals surface area contributed by atoms with Gasteiger partial charge in [-0.05, 0) is 26.0 Å². The lowest BCUT2D eigenvalue weighted by Crippen LogP contribution is -3.28. The highest BCUT2D eigenvalue weighted by Gasteiger charge is 2.34. The molecule has 0 saturated carbocycles. The Balaban J connectivity index is 1.81. The van der Waals surface area contributed by atoms with Gasteiger partial charge >= 0.3 is 0 Å². The number of benzene rings is 1. The largest absolute Gasteiger partial charge is 0.372 e. The Morgan fingerprint density at radius 3 is 2.55 bits per heavy atom. The second-order valence-corrected chi connectivity index (χ2v) is 6.95. The van der Waals surface area contributed by atoms with Crippen LogP contribution >= 0.6 is 0 Å². The number of rotatable bonds is 4. The first kappa shape index (κ1) is 15.8. The minimum Gasteiger partial charge on any atom is -0.372 e. The predicted octanol–water partition coefficient (Wildman–Crippen LogP) is -1.94. The molecule has 0 spiro atoms. The molecule has 0 aromatic heterocycles. The molecule has 1 aromatic rings. The molecule has 1 atom stereocenters. The van der Waals surface area contributed by atoms with Crippen LogP contribution in [0.5, 0.6) is 0 Å². The highest BCUT2D eigenvalue weighted by molar-refractivity contribution is 5.51. The molecule has 2 heterocycles. The highest BCUT2D eigenvalue weighted by atomic mass is 15.3. The topological polar surface area (TPSA) is 28.7 Å². The van der Waals surface area contributed by atoms with Crippen molar-refractivity contribution in [2.75, 3.05) is 57.8 Å². The van der Waals surface area contributed by atoms with Crippen LogP contribution in [0.25, 0.3) is 0 Å². The van der Waals surface area contributed by atoms with E-state index in [4.69, 9.17) is 0 Å². The van der Waals surface area contributed by atoms with Crippen molar-refractivity contribution < 1.29 is 15.1 Å². The summed E-state index contributed by atoms with van der Waals surface area (Å²) in [6.07, 6.45) is 0. The highest BCUT2D eigenvalue weighted by Crippen LogP contribution is 2.24. The van der Waals surface area contributed by atoms with Gasteiger partial charge < -0.3 is 20.0 Å². The van der Waals surface area contributed by atoms with Gasteiger partial charge in [-0.25, -0.2) is 0 Å². The number of hydrogen-bond acceptors (Lipinski definition) is 1. The summed E-state index contributed by atoms with van der Waals surface area (Å²) >= 11 is 0. The number of likely N-dealkylation sites (N-methyl/N-ethyl adjacent to an activating group) is 1. The fourth-order valence-electron chi connectivity index (χ4n) is 4.16. The van der Waals surface area contributed by atoms with Crippen LogP contribution in [0.1, 0.15) is 31.0 Å². The van der Waals surface area contributed by atoms with E-state index in [1.54, 1.807) is 20.9 Å². The Kier molecular flexibility index (Phi) is 5.01. The molecule has 0 unspecified atom stereocenters. The zero-order valence-electron chi connectivity index (χ0n) is 14.5. The molecule has 1 saturated heterocycles. The number of hydrogen-bond donors (Lipinski definition) is 3. The lowest BCUT2D eigenvalue weighted by Gasteiger charge is -2.35. The minimum atomic E-state index is 0.697. The zero-order chi connectivity index (χ0) is 15.5. The quantitative estimate of drug-likeness (QED) is 0.594. The summed E-state index contributed by atoms with van der Waals surface area (Å²) in [7, 11) is 2.33. The molecule has 2 aliphatic rings. The molecule has 4 nitrogen and oxygen atoms in total. The first-order chi connectivity index (χ1) is 10.7. The summed E-state index contributed by atoms with van der Waals surface area (Å²) in [5.74, 6) is 0. The van der Waals surface area contributed by atoms with E-state index in [1.807, 2.05) is 0 Å². The monoisotopic (exact) mass is 305 g/mol. The van der Waals surface area contributed by atoms with Crippen LogP contribution in [0.4, 0.5) is 5.69 Å². The Labute approximate surface area is 135 Å². The number of fused-ring (bicyclic) bond motifs is 1. The normalized spacial score (nSPS) is 28.2. The summed E-state index contributed by atoms with van der Waals surface area (Å²) in [6.45, 7) is 14.4. The van der Waals surface area contributed by atoms with Crippen molar-refractivity contribution in [2.24, 2.45) is 0 Å². The molecule has 2 aliphatic heterocycles. The summed E-state index contributed by atoms with van der Waals surface area (Å²) in [4.78, 5) is 5.95. The number of nitrogens with two attached hydrogens (primary N) is 1. The number of quaternary nitrogens is 3. The van der Waals surface area contributed by atoms with Gasteiger partial charge in [0.15, 0.2) is 6.04 Å². The van der Waals surface area contributed by atoms with E-state index in [0.717, 1.165) is 19.6 Å². The molecule has 1 fully saturated rings. The van der Waals surface area contributed by atoms with Gasteiger partial charge in [-0.3, -0.25) is 0 Å². The van der Waals surface area contributed by atoms with Crippen LogP contribution in [0.3, 0.4) is 0 Å². The third-order valence-electron chi connectivity index (χ3n) is 5.64. The second-order valence-electron chi connectivity index (χ2n) is 6.95. The molecular weight excluding hydrogens is 272 g/mol. The molecular formula is C18H33N4+3. The van der Waals surface area contributed by atoms with E-state index in [0.29, 0.717) is 6.04 Å². The van der Waals surface area contributed by atoms with Gasteiger partial charge in [0.25, 0.3) is 0 Å². The maximum absolute atomic E-state index is 2.51. The maximum atomic E-state index is 2.51. The first-order valence-corrected chi connectivity index (χ1v) is 9.08. The van der Waals surface area contributed by atoms with Crippen molar-refractivity contribution in [1.29, 1.82) is 0 Å². The number of piperazine rings is 1. The molecule has 3 rings (SSSR count). The third-order valence-corrected chi connectivity index (χ3v) is 5.64. The molecule has 0 radical (unpaired) electrons. The second kappa shape index (κ2) is 6.99. The Morgan fingerprint density at radius 2 is 1.86 bits per heavy atom. The fraction of sp³-hybridized carbons (Fsp3) is 0.667. The van der Waals surface area contributed by atoms with E-state index in [-0.39, 0.29) is 0 Å². The molecule has 0 aliphatic carbocycles. The lowest BCUT2D eigenvalue weighted by atomic mass is 9.94. The average molecular weight is 305 g/mol. The smallest absolute Gasteiger partial charge is 0.163 e. The third kappa shape index (κ3) is 3.14. The number of nitrogens with one attached hydrogen (secondary N) is 2. The molecule has 0 bridgehead atoms. The summed E-state index contributed by atoms with van der Waals surface area (Å²) in [6, 6.07) is 7.93. The van der Waals surface area contributed by atoms with Gasteiger partial charge in [-0.2, -0.15) is 0 Å². The van der Waals surface area contributed by atoms with E-state index in [1.165, 1.54) is 38.4 Å². The van der Waals surface area contributed by atoms with Crippen molar-refractivity contribution >= 4 is 5.69 Å². The lowest BCUT2D eigenvalue weighted by molar-refractivity contribution is -1.03. The Hall–Kier alpha value is -1.10. The minimum absolute atomic E-state index is 0.697. The van der Waals surface area contributed by atoms with Crippen LogP contribution in [-0.4, -0.2) is 52.9 Å². The molecule has 22 heavy (non-hydrogen) atoms. The SMILES string of the molecule is CCN(CC)c1ccc2c(c1)C[NH2+]C[C@@H]2[NH+]1CC[NH+](C)CC1. The van der Waals surface area contributed by atoms with Gasteiger partial charge in [0.1, 0.15) is 39.3 Å². The number of anilines is 1. The molecule has 1 aromatic carbocycles. The van der Waals surface area contributed by atoms with Gasteiger partial charge in [-0.15, -0.1) is 0 Å². The van der Waals surface area contributed by atoms with Crippen LogP contribution in [-0.2, 0) is 6.54 Å². The van der Waals surface area contributed by atoms with Gasteiger partial charge in [0, 0.05) is 29.9 Å². The zero-order valence-corrected chi connectivity index (χ0v) is 14.5. The van der Waals surface area contributed by atoms with Crippen LogP contribution in [0, 0.1) is 0 Å². The summed E-state index contributed by atoms with van der Waals surface area (Å²) in [5, 5.41) is 2.51. The van der Waals surface area contributed by atoms with E-state index in [9.17, 15) is 0 Å². The van der Waals surface area contributed by atoms with Crippen molar-refractivity contribution in [3.8, 4) is 0 Å². The summed E-state index contributed by atoms with van der Waals surface area (Å²) in [5.41, 5.74) is 4.59. The Morgan fingerprint density at radius 1 is 1.14 bits per heavy atom.